The Labute approximate surface area is 93.2 Å². The zero-order valence-corrected chi connectivity index (χ0v) is 9.03. The smallest absolute Gasteiger partial charge is 0.168 e. The van der Waals surface area contributed by atoms with Crippen LogP contribution in [-0.2, 0) is 9.47 Å². The molecular weight excluding hydrogens is 211 g/mol. The zero-order valence-electron chi connectivity index (χ0n) is 9.03. The Morgan fingerprint density at radius 1 is 1.44 bits per heavy atom. The molecule has 0 bridgehead atoms. The van der Waals surface area contributed by atoms with Gasteiger partial charge in [-0.25, -0.2) is 4.39 Å². The summed E-state index contributed by atoms with van der Waals surface area (Å²) >= 11 is 0. The molecule has 1 aliphatic rings. The summed E-state index contributed by atoms with van der Waals surface area (Å²) < 4.78 is 23.6. The van der Waals surface area contributed by atoms with E-state index in [0.717, 1.165) is 0 Å². The maximum atomic E-state index is 13.2. The summed E-state index contributed by atoms with van der Waals surface area (Å²) in [7, 11) is 0. The molecule has 0 aromatic heterocycles. The van der Waals surface area contributed by atoms with E-state index >= 15 is 0 Å². The lowest BCUT2D eigenvalue weighted by atomic mass is 10.1. The van der Waals surface area contributed by atoms with Crippen LogP contribution in [0.25, 0.3) is 0 Å². The molecule has 0 amide bonds. The minimum absolute atomic E-state index is 0.141. The summed E-state index contributed by atoms with van der Waals surface area (Å²) in [4.78, 5) is 11.7. The van der Waals surface area contributed by atoms with Crippen LogP contribution in [-0.4, -0.2) is 25.3 Å². The van der Waals surface area contributed by atoms with Gasteiger partial charge in [-0.3, -0.25) is 4.79 Å². The Morgan fingerprint density at radius 2 is 2.12 bits per heavy atom. The van der Waals surface area contributed by atoms with Crippen LogP contribution in [0.1, 0.15) is 22.3 Å². The van der Waals surface area contributed by atoms with Crippen molar-refractivity contribution in [3.8, 4) is 0 Å². The van der Waals surface area contributed by atoms with Gasteiger partial charge in [-0.15, -0.1) is 0 Å². The van der Waals surface area contributed by atoms with Gasteiger partial charge in [-0.1, -0.05) is 12.1 Å². The summed E-state index contributed by atoms with van der Waals surface area (Å²) in [6, 6.07) is 4.47. The standard InChI is InChI=1S/C12H13FO3/c1-8-2-3-9(6-10(8)13)11(14)7-12-15-4-5-16-12/h2-3,6,12H,4-5,7H2,1H3. The second-order valence-electron chi connectivity index (χ2n) is 3.76. The fraction of sp³-hybridized carbons (Fsp3) is 0.417. The number of carbonyl (C=O) groups is 1. The predicted molar refractivity (Wildman–Crippen MR) is 55.8 cm³/mol. The molecule has 1 saturated heterocycles. The largest absolute Gasteiger partial charge is 0.350 e. The minimum Gasteiger partial charge on any atom is -0.350 e. The van der Waals surface area contributed by atoms with Gasteiger partial charge in [0.05, 0.1) is 19.6 Å². The molecule has 0 radical (unpaired) electrons. The van der Waals surface area contributed by atoms with Crippen molar-refractivity contribution < 1.29 is 18.7 Å². The van der Waals surface area contributed by atoms with Crippen molar-refractivity contribution in [1.82, 2.24) is 0 Å². The van der Waals surface area contributed by atoms with Crippen LogP contribution >= 0.6 is 0 Å². The van der Waals surface area contributed by atoms with E-state index in [1.165, 1.54) is 6.07 Å². The number of ether oxygens (including phenoxy) is 2. The molecule has 1 aromatic rings. The minimum atomic E-state index is -0.475. The highest BCUT2D eigenvalue weighted by Crippen LogP contribution is 2.15. The SMILES string of the molecule is Cc1ccc(C(=O)CC2OCCO2)cc1F. The van der Waals surface area contributed by atoms with Gasteiger partial charge >= 0.3 is 0 Å². The fourth-order valence-electron chi connectivity index (χ4n) is 1.56. The van der Waals surface area contributed by atoms with E-state index in [4.69, 9.17) is 9.47 Å². The first-order valence-corrected chi connectivity index (χ1v) is 5.19. The molecule has 0 spiro atoms. The third-order valence-corrected chi connectivity index (χ3v) is 2.54. The van der Waals surface area contributed by atoms with E-state index < -0.39 is 6.29 Å². The van der Waals surface area contributed by atoms with Gasteiger partial charge in [0.25, 0.3) is 0 Å². The Hall–Kier alpha value is -1.26. The number of carbonyl (C=O) groups excluding carboxylic acids is 1. The van der Waals surface area contributed by atoms with Gasteiger partial charge in [0.1, 0.15) is 5.82 Å². The summed E-state index contributed by atoms with van der Waals surface area (Å²) in [5.74, 6) is -0.523. The zero-order chi connectivity index (χ0) is 11.5. The number of aryl methyl sites for hydroxylation is 1. The van der Waals surface area contributed by atoms with Crippen molar-refractivity contribution in [2.45, 2.75) is 19.6 Å². The lowest BCUT2D eigenvalue weighted by molar-refractivity contribution is -0.0407. The fourth-order valence-corrected chi connectivity index (χ4v) is 1.56. The maximum Gasteiger partial charge on any atom is 0.168 e. The highest BCUT2D eigenvalue weighted by Gasteiger charge is 2.20. The third-order valence-electron chi connectivity index (χ3n) is 2.54. The van der Waals surface area contributed by atoms with Gasteiger partial charge in [-0.05, 0) is 18.6 Å². The number of hydrogen-bond acceptors (Lipinski definition) is 3. The highest BCUT2D eigenvalue weighted by atomic mass is 19.1. The Bertz CT molecular complexity index is 397. The summed E-state index contributed by atoms with van der Waals surface area (Å²) in [5.41, 5.74) is 0.895. The van der Waals surface area contributed by atoms with Crippen molar-refractivity contribution in [1.29, 1.82) is 0 Å². The average molecular weight is 224 g/mol. The monoisotopic (exact) mass is 224 g/mol. The summed E-state index contributed by atoms with van der Waals surface area (Å²) in [5, 5.41) is 0. The maximum absolute atomic E-state index is 13.2. The van der Waals surface area contributed by atoms with Gasteiger partial charge in [-0.2, -0.15) is 0 Å². The molecule has 16 heavy (non-hydrogen) atoms. The van der Waals surface area contributed by atoms with Crippen LogP contribution in [0.3, 0.4) is 0 Å². The Balaban J connectivity index is 2.05. The van der Waals surface area contributed by atoms with E-state index in [2.05, 4.69) is 0 Å². The van der Waals surface area contributed by atoms with Gasteiger partial charge in [0.15, 0.2) is 12.1 Å². The normalized spacial score (nSPS) is 16.6. The Kier molecular flexibility index (Phi) is 3.31. The molecule has 86 valence electrons. The van der Waals surface area contributed by atoms with Crippen molar-refractivity contribution >= 4 is 5.78 Å². The van der Waals surface area contributed by atoms with Gasteiger partial charge in [0, 0.05) is 5.56 Å². The molecule has 0 aliphatic carbocycles. The molecule has 0 saturated carbocycles. The molecular formula is C12H13FO3. The van der Waals surface area contributed by atoms with Crippen molar-refractivity contribution in [2.75, 3.05) is 13.2 Å². The lowest BCUT2D eigenvalue weighted by Crippen LogP contribution is -2.14. The summed E-state index contributed by atoms with van der Waals surface area (Å²) in [6.45, 7) is 2.69. The van der Waals surface area contributed by atoms with E-state index in [-0.39, 0.29) is 18.0 Å². The van der Waals surface area contributed by atoms with E-state index in [0.29, 0.717) is 24.3 Å². The molecule has 4 heteroatoms. The van der Waals surface area contributed by atoms with E-state index in [9.17, 15) is 9.18 Å². The first-order chi connectivity index (χ1) is 7.66. The number of rotatable bonds is 3. The molecule has 0 unspecified atom stereocenters. The first kappa shape index (κ1) is 11.2. The number of ketones is 1. The number of halogens is 1. The number of benzene rings is 1. The van der Waals surface area contributed by atoms with E-state index in [1.54, 1.807) is 19.1 Å². The second kappa shape index (κ2) is 4.72. The topological polar surface area (TPSA) is 35.5 Å². The molecule has 0 N–H and O–H groups in total. The average Bonchev–Trinajstić information content (AvgIpc) is 2.74. The second-order valence-corrected chi connectivity index (χ2v) is 3.76. The number of Topliss-reactive ketones (excluding diaryl/α,β-unsaturated/α-hetero) is 1. The van der Waals surface area contributed by atoms with Gasteiger partial charge in [0.2, 0.25) is 0 Å². The van der Waals surface area contributed by atoms with Crippen molar-refractivity contribution in [3.05, 3.63) is 35.1 Å². The Morgan fingerprint density at radius 3 is 2.75 bits per heavy atom. The lowest BCUT2D eigenvalue weighted by Gasteiger charge is -2.08. The molecule has 1 aliphatic heterocycles. The van der Waals surface area contributed by atoms with Crippen LogP contribution in [0, 0.1) is 12.7 Å². The number of hydrogen-bond donors (Lipinski definition) is 0. The van der Waals surface area contributed by atoms with Crippen molar-refractivity contribution in [3.63, 3.8) is 0 Å². The summed E-state index contributed by atoms with van der Waals surface area (Å²) in [6.07, 6.45) is -0.334. The van der Waals surface area contributed by atoms with Crippen LogP contribution in [0.2, 0.25) is 0 Å². The van der Waals surface area contributed by atoms with E-state index in [1.807, 2.05) is 0 Å². The van der Waals surface area contributed by atoms with Crippen LogP contribution in [0.4, 0.5) is 4.39 Å². The molecule has 3 nitrogen and oxygen atoms in total. The quantitative estimate of drug-likeness (QED) is 0.737. The molecule has 2 rings (SSSR count). The van der Waals surface area contributed by atoms with Crippen LogP contribution in [0.15, 0.2) is 18.2 Å². The molecule has 1 heterocycles. The molecule has 1 fully saturated rings. The van der Waals surface area contributed by atoms with Crippen molar-refractivity contribution in [2.24, 2.45) is 0 Å². The predicted octanol–water partition coefficient (Wildman–Crippen LogP) is 2.08. The third kappa shape index (κ3) is 2.46. The van der Waals surface area contributed by atoms with Crippen LogP contribution < -0.4 is 0 Å². The molecule has 1 aromatic carbocycles. The first-order valence-electron chi connectivity index (χ1n) is 5.19. The molecule has 0 atom stereocenters. The van der Waals surface area contributed by atoms with Gasteiger partial charge < -0.3 is 9.47 Å². The van der Waals surface area contributed by atoms with Crippen LogP contribution in [0.5, 0.6) is 0 Å². The highest BCUT2D eigenvalue weighted by molar-refractivity contribution is 5.96.